The summed E-state index contributed by atoms with van der Waals surface area (Å²) >= 11 is 0. The second kappa shape index (κ2) is 10.6. The molecule has 1 aromatic carbocycles. The molecule has 1 aromatic rings. The average Bonchev–Trinajstić information content (AvgIpc) is 3.58. The quantitative estimate of drug-likeness (QED) is 0.448. The van der Waals surface area contributed by atoms with Crippen LogP contribution in [-0.2, 0) is 23.8 Å². The Labute approximate surface area is 228 Å². The minimum absolute atomic E-state index is 0.0633. The first-order valence-corrected chi connectivity index (χ1v) is 13.8. The number of carbonyl (C=O) groups excluding carboxylic acids is 2. The molecule has 0 aromatic heterocycles. The van der Waals surface area contributed by atoms with E-state index in [2.05, 4.69) is 18.7 Å². The van der Waals surface area contributed by atoms with Crippen LogP contribution in [-0.4, -0.2) is 78.4 Å². The molecule has 3 aliphatic heterocycles. The number of ether oxygens (including phenoxy) is 5. The van der Waals surface area contributed by atoms with Crippen molar-refractivity contribution in [3.8, 4) is 11.5 Å². The van der Waals surface area contributed by atoms with E-state index in [-0.39, 0.29) is 13.2 Å². The number of esters is 2. The van der Waals surface area contributed by atoms with Gasteiger partial charge in [0.1, 0.15) is 5.76 Å². The van der Waals surface area contributed by atoms with E-state index in [4.69, 9.17) is 23.7 Å². The maximum Gasteiger partial charge on any atom is 0.339 e. The molecule has 2 N–H and O–H groups in total. The first-order chi connectivity index (χ1) is 18.6. The van der Waals surface area contributed by atoms with Gasteiger partial charge in [0.15, 0.2) is 23.2 Å². The molecule has 0 radical (unpaired) electrons. The predicted octanol–water partition coefficient (Wildman–Crippen LogP) is 2.96. The maximum absolute atomic E-state index is 13.8. The lowest BCUT2D eigenvalue weighted by Gasteiger charge is -2.39. The van der Waals surface area contributed by atoms with Gasteiger partial charge in [-0.3, -0.25) is 9.69 Å². The average molecular weight is 546 g/mol. The molecular formula is C29H39NO9. The minimum Gasteiger partial charge on any atom is -0.497 e. The summed E-state index contributed by atoms with van der Waals surface area (Å²) < 4.78 is 28.0. The van der Waals surface area contributed by atoms with Gasteiger partial charge < -0.3 is 33.9 Å². The molecule has 4 aliphatic rings. The Morgan fingerprint density at radius 3 is 2.59 bits per heavy atom. The fraction of sp³-hybridized carbons (Fsp3) is 0.655. The van der Waals surface area contributed by atoms with Crippen molar-refractivity contribution in [2.45, 2.75) is 81.6 Å². The van der Waals surface area contributed by atoms with Crippen molar-refractivity contribution in [1.82, 2.24) is 4.90 Å². The van der Waals surface area contributed by atoms with Gasteiger partial charge in [-0.15, -0.1) is 0 Å². The van der Waals surface area contributed by atoms with Crippen molar-refractivity contribution >= 4 is 11.9 Å². The van der Waals surface area contributed by atoms with E-state index < -0.39 is 47.6 Å². The van der Waals surface area contributed by atoms with Crippen molar-refractivity contribution in [3.05, 3.63) is 35.1 Å². The van der Waals surface area contributed by atoms with Crippen LogP contribution in [0.2, 0.25) is 0 Å². The number of methoxy groups -OCH3 is 2. The largest absolute Gasteiger partial charge is 0.497 e. The SMILES string of the molecule is COC(=O)C[C@](O)(CCCC(C)C)C(=O)O[C@@H]1C(OC)=C[C@@]23CCCN2C[C@H](O)c2cc4c(cc2[C@H]13)OCO4. The number of fused-ring (bicyclic) bond motifs is 3. The first kappa shape index (κ1) is 27.7. The van der Waals surface area contributed by atoms with E-state index >= 15 is 0 Å². The lowest BCUT2D eigenvalue weighted by atomic mass is 9.77. The third-order valence-corrected chi connectivity index (χ3v) is 8.66. The molecule has 214 valence electrons. The van der Waals surface area contributed by atoms with Crippen LogP contribution in [0.5, 0.6) is 11.5 Å². The van der Waals surface area contributed by atoms with E-state index in [0.717, 1.165) is 31.4 Å². The standard InChI is InChI=1S/C29H39NO9/c1-17(2)7-5-9-29(34,14-24(32)36-4)27(33)39-26-23(35-3)13-28-8-6-10-30(28)15-20(31)18-11-21-22(38-16-37-21)12-19(18)25(26)28/h11-13,17,20,25-26,31,34H,5-10,14-16H2,1-4H3/t20-,25+,26+,28+,29+/m0/s1. The van der Waals surface area contributed by atoms with Crippen LogP contribution >= 0.6 is 0 Å². The highest BCUT2D eigenvalue weighted by molar-refractivity contribution is 5.86. The highest BCUT2D eigenvalue weighted by Crippen LogP contribution is 2.57. The van der Waals surface area contributed by atoms with Crippen molar-refractivity contribution in [2.24, 2.45) is 5.92 Å². The van der Waals surface area contributed by atoms with Crippen LogP contribution in [0.15, 0.2) is 24.0 Å². The second-order valence-electron chi connectivity index (χ2n) is 11.5. The summed E-state index contributed by atoms with van der Waals surface area (Å²) in [6, 6.07) is 3.67. The van der Waals surface area contributed by atoms with Gasteiger partial charge in [-0.2, -0.15) is 0 Å². The van der Waals surface area contributed by atoms with Crippen molar-refractivity contribution in [1.29, 1.82) is 0 Å². The molecule has 0 amide bonds. The molecule has 5 atom stereocenters. The van der Waals surface area contributed by atoms with Gasteiger partial charge in [0.25, 0.3) is 0 Å². The number of carbonyl (C=O) groups is 2. The molecule has 0 saturated carbocycles. The molecule has 10 nitrogen and oxygen atoms in total. The first-order valence-electron chi connectivity index (χ1n) is 13.8. The smallest absolute Gasteiger partial charge is 0.339 e. The minimum atomic E-state index is -2.05. The van der Waals surface area contributed by atoms with E-state index in [1.165, 1.54) is 14.2 Å². The van der Waals surface area contributed by atoms with Crippen LogP contribution in [0.25, 0.3) is 0 Å². The fourth-order valence-corrected chi connectivity index (χ4v) is 6.71. The fourth-order valence-electron chi connectivity index (χ4n) is 6.71. The zero-order chi connectivity index (χ0) is 27.9. The Hall–Kier alpha value is -2.82. The third kappa shape index (κ3) is 4.87. The van der Waals surface area contributed by atoms with Crippen LogP contribution < -0.4 is 9.47 Å². The normalized spacial score (nSPS) is 28.6. The number of aliphatic hydroxyl groups is 2. The van der Waals surface area contributed by atoms with Gasteiger partial charge >= 0.3 is 11.9 Å². The zero-order valence-corrected chi connectivity index (χ0v) is 23.1. The van der Waals surface area contributed by atoms with E-state index in [0.29, 0.717) is 41.7 Å². The van der Waals surface area contributed by atoms with Crippen LogP contribution in [0.3, 0.4) is 0 Å². The summed E-state index contributed by atoms with van der Waals surface area (Å²) in [5.74, 6) is -0.0413. The van der Waals surface area contributed by atoms with Gasteiger partial charge in [0.2, 0.25) is 6.79 Å². The topological polar surface area (TPSA) is 124 Å². The van der Waals surface area contributed by atoms with E-state index in [9.17, 15) is 19.8 Å². The number of hydrogen-bond donors (Lipinski definition) is 2. The molecule has 0 unspecified atom stereocenters. The predicted molar refractivity (Wildman–Crippen MR) is 139 cm³/mol. The van der Waals surface area contributed by atoms with Gasteiger partial charge in [0.05, 0.1) is 38.2 Å². The maximum atomic E-state index is 13.8. The Morgan fingerprint density at radius 1 is 1.21 bits per heavy atom. The van der Waals surface area contributed by atoms with E-state index in [1.54, 1.807) is 6.07 Å². The summed E-state index contributed by atoms with van der Waals surface area (Å²) in [5, 5.41) is 22.8. The van der Waals surface area contributed by atoms with Crippen LogP contribution in [0.1, 0.15) is 75.5 Å². The van der Waals surface area contributed by atoms with Crippen LogP contribution in [0.4, 0.5) is 0 Å². The van der Waals surface area contributed by atoms with E-state index in [1.807, 2.05) is 12.1 Å². The molecule has 5 rings (SSSR count). The lowest BCUT2D eigenvalue weighted by Crippen LogP contribution is -2.49. The van der Waals surface area contributed by atoms with Crippen molar-refractivity contribution in [2.75, 3.05) is 34.1 Å². The number of aliphatic hydroxyl groups excluding tert-OH is 1. The Bertz CT molecular complexity index is 1150. The Morgan fingerprint density at radius 2 is 1.92 bits per heavy atom. The highest BCUT2D eigenvalue weighted by Gasteiger charge is 2.60. The van der Waals surface area contributed by atoms with Crippen LogP contribution in [0, 0.1) is 5.92 Å². The summed E-state index contributed by atoms with van der Waals surface area (Å²) in [7, 11) is 2.76. The third-order valence-electron chi connectivity index (χ3n) is 8.66. The zero-order valence-electron chi connectivity index (χ0n) is 23.1. The monoisotopic (exact) mass is 545 g/mol. The Balaban J connectivity index is 1.54. The van der Waals surface area contributed by atoms with Crippen molar-refractivity contribution in [3.63, 3.8) is 0 Å². The summed E-state index contributed by atoms with van der Waals surface area (Å²) in [6.45, 7) is 5.38. The Kier molecular flexibility index (Phi) is 7.56. The van der Waals surface area contributed by atoms with Gasteiger partial charge in [0, 0.05) is 6.54 Å². The molecule has 1 aliphatic carbocycles. The summed E-state index contributed by atoms with van der Waals surface area (Å²) in [5.41, 5.74) is -1.14. The molecule has 1 saturated heterocycles. The molecule has 10 heteroatoms. The number of benzene rings is 1. The molecule has 3 heterocycles. The highest BCUT2D eigenvalue weighted by atomic mass is 16.7. The molecule has 0 bridgehead atoms. The van der Waals surface area contributed by atoms with Gasteiger partial charge in [-0.1, -0.05) is 20.3 Å². The molecular weight excluding hydrogens is 506 g/mol. The summed E-state index contributed by atoms with van der Waals surface area (Å²) in [4.78, 5) is 28.2. The number of hydrogen-bond acceptors (Lipinski definition) is 10. The summed E-state index contributed by atoms with van der Waals surface area (Å²) in [6.07, 6.45) is 2.90. The number of nitrogens with zero attached hydrogens (tertiary/aromatic N) is 1. The molecule has 1 fully saturated rings. The van der Waals surface area contributed by atoms with Crippen molar-refractivity contribution < 1.29 is 43.5 Å². The number of β-amino-alcohol motifs (C(OH)–C–C–N with tert-alkyl or cyclic N) is 1. The second-order valence-corrected chi connectivity index (χ2v) is 11.5. The number of rotatable bonds is 9. The van der Waals surface area contributed by atoms with Gasteiger partial charge in [-0.05, 0) is 67.5 Å². The molecule has 1 spiro atoms. The lowest BCUT2D eigenvalue weighted by molar-refractivity contribution is -0.178. The molecule has 39 heavy (non-hydrogen) atoms. The van der Waals surface area contributed by atoms with Gasteiger partial charge in [-0.25, -0.2) is 4.79 Å².